The maximum atomic E-state index is 11.8. The number of benzene rings is 1. The van der Waals surface area contributed by atoms with Crippen LogP contribution in [0, 0.1) is 5.92 Å². The van der Waals surface area contributed by atoms with E-state index >= 15 is 0 Å². The molecule has 1 unspecified atom stereocenters. The Balaban J connectivity index is 2.19. The minimum absolute atomic E-state index is 0.0526. The van der Waals surface area contributed by atoms with E-state index in [0.717, 1.165) is 23.8 Å². The number of thioether (sulfide) groups is 1. The fourth-order valence-electron chi connectivity index (χ4n) is 1.58. The molecular weight excluding hydrogens is 286 g/mol. The summed E-state index contributed by atoms with van der Waals surface area (Å²) in [6, 6.07) is 7.49. The van der Waals surface area contributed by atoms with Gasteiger partial charge in [-0.3, -0.25) is 4.79 Å². The molecule has 0 bridgehead atoms. The van der Waals surface area contributed by atoms with Gasteiger partial charge in [-0.1, -0.05) is 13.8 Å². The van der Waals surface area contributed by atoms with Gasteiger partial charge < -0.3 is 14.8 Å². The van der Waals surface area contributed by atoms with Crippen molar-refractivity contribution in [1.29, 1.82) is 0 Å². The molecule has 0 spiro atoms. The van der Waals surface area contributed by atoms with Crippen molar-refractivity contribution < 1.29 is 14.3 Å². The van der Waals surface area contributed by atoms with E-state index in [2.05, 4.69) is 19.2 Å². The highest BCUT2D eigenvalue weighted by Crippen LogP contribution is 2.17. The Kier molecular flexibility index (Phi) is 8.05. The van der Waals surface area contributed by atoms with Gasteiger partial charge in [-0.25, -0.2) is 0 Å². The normalized spacial score (nSPS) is 12.0. The van der Waals surface area contributed by atoms with E-state index in [1.54, 1.807) is 18.9 Å². The Morgan fingerprint density at radius 2 is 1.81 bits per heavy atom. The van der Waals surface area contributed by atoms with Crippen LogP contribution in [0.2, 0.25) is 0 Å². The first-order chi connectivity index (χ1) is 10.0. The molecule has 0 aromatic heterocycles. The van der Waals surface area contributed by atoms with Crippen molar-refractivity contribution in [2.75, 3.05) is 26.0 Å². The summed E-state index contributed by atoms with van der Waals surface area (Å²) in [6.07, 6.45) is 0. The van der Waals surface area contributed by atoms with Crippen LogP contribution >= 0.6 is 11.8 Å². The molecule has 1 atom stereocenters. The SMILES string of the molecule is COc1ccc(OCCSC(C)C(=O)NCC(C)C)cc1. The van der Waals surface area contributed by atoms with Crippen LogP contribution in [0.1, 0.15) is 20.8 Å². The second-order valence-electron chi connectivity index (χ2n) is 5.18. The Morgan fingerprint density at radius 3 is 2.38 bits per heavy atom. The molecule has 1 rings (SSSR count). The van der Waals surface area contributed by atoms with Crippen molar-refractivity contribution in [2.24, 2.45) is 5.92 Å². The zero-order valence-corrected chi connectivity index (χ0v) is 14.0. The summed E-state index contributed by atoms with van der Waals surface area (Å²) in [7, 11) is 1.64. The van der Waals surface area contributed by atoms with Crippen LogP contribution in [-0.2, 0) is 4.79 Å². The number of carbonyl (C=O) groups is 1. The van der Waals surface area contributed by atoms with E-state index in [1.807, 2.05) is 31.2 Å². The highest BCUT2D eigenvalue weighted by atomic mass is 32.2. The maximum Gasteiger partial charge on any atom is 0.232 e. The van der Waals surface area contributed by atoms with Crippen molar-refractivity contribution >= 4 is 17.7 Å². The molecule has 0 heterocycles. The largest absolute Gasteiger partial charge is 0.497 e. The summed E-state index contributed by atoms with van der Waals surface area (Å²) in [5.41, 5.74) is 0. The first-order valence-corrected chi connectivity index (χ1v) is 8.24. The van der Waals surface area contributed by atoms with Gasteiger partial charge in [0.05, 0.1) is 19.0 Å². The second kappa shape index (κ2) is 9.55. The van der Waals surface area contributed by atoms with Gasteiger partial charge in [0.1, 0.15) is 11.5 Å². The average Bonchev–Trinajstić information content (AvgIpc) is 2.49. The van der Waals surface area contributed by atoms with Crippen molar-refractivity contribution in [2.45, 2.75) is 26.0 Å². The van der Waals surface area contributed by atoms with Crippen LogP contribution in [0.25, 0.3) is 0 Å². The topological polar surface area (TPSA) is 47.6 Å². The highest BCUT2D eigenvalue weighted by molar-refractivity contribution is 8.00. The molecule has 1 aromatic carbocycles. The van der Waals surface area contributed by atoms with Crippen LogP contribution < -0.4 is 14.8 Å². The summed E-state index contributed by atoms with van der Waals surface area (Å²) < 4.78 is 10.7. The third kappa shape index (κ3) is 7.27. The lowest BCUT2D eigenvalue weighted by Crippen LogP contribution is -2.33. The van der Waals surface area contributed by atoms with Crippen LogP contribution in [0.5, 0.6) is 11.5 Å². The minimum atomic E-state index is -0.0526. The lowest BCUT2D eigenvalue weighted by atomic mass is 10.2. The van der Waals surface area contributed by atoms with Crippen molar-refractivity contribution in [3.63, 3.8) is 0 Å². The molecule has 0 saturated heterocycles. The number of ether oxygens (including phenoxy) is 2. The third-order valence-electron chi connectivity index (χ3n) is 2.83. The lowest BCUT2D eigenvalue weighted by Gasteiger charge is -2.13. The average molecular weight is 311 g/mol. The second-order valence-corrected chi connectivity index (χ2v) is 6.62. The Morgan fingerprint density at radius 1 is 1.19 bits per heavy atom. The molecule has 5 heteroatoms. The van der Waals surface area contributed by atoms with Gasteiger partial charge >= 0.3 is 0 Å². The lowest BCUT2D eigenvalue weighted by molar-refractivity contribution is -0.120. The molecule has 21 heavy (non-hydrogen) atoms. The molecule has 4 nitrogen and oxygen atoms in total. The van der Waals surface area contributed by atoms with E-state index in [4.69, 9.17) is 9.47 Å². The predicted molar refractivity (Wildman–Crippen MR) is 88.3 cm³/mol. The summed E-state index contributed by atoms with van der Waals surface area (Å²) in [5.74, 6) is 2.98. The number of carbonyl (C=O) groups excluding carboxylic acids is 1. The Labute approximate surface area is 131 Å². The van der Waals surface area contributed by atoms with Crippen LogP contribution in [0.4, 0.5) is 0 Å². The Hall–Kier alpha value is -1.36. The first kappa shape index (κ1) is 17.7. The monoisotopic (exact) mass is 311 g/mol. The molecule has 1 amide bonds. The molecular formula is C16H25NO3S. The quantitative estimate of drug-likeness (QED) is 0.712. The van der Waals surface area contributed by atoms with E-state index in [1.165, 1.54) is 0 Å². The van der Waals surface area contributed by atoms with Gasteiger partial charge in [-0.05, 0) is 37.1 Å². The molecule has 0 fully saturated rings. The summed E-state index contributed by atoms with van der Waals surface area (Å²) in [5, 5.41) is 2.89. The Bertz CT molecular complexity index is 420. The minimum Gasteiger partial charge on any atom is -0.497 e. The van der Waals surface area contributed by atoms with Gasteiger partial charge in [-0.2, -0.15) is 0 Å². The number of hydrogen-bond donors (Lipinski definition) is 1. The molecule has 1 N–H and O–H groups in total. The molecule has 0 aliphatic carbocycles. The zero-order chi connectivity index (χ0) is 15.7. The molecule has 0 radical (unpaired) electrons. The van der Waals surface area contributed by atoms with Crippen molar-refractivity contribution in [1.82, 2.24) is 5.32 Å². The molecule has 118 valence electrons. The van der Waals surface area contributed by atoms with E-state index in [0.29, 0.717) is 12.5 Å². The van der Waals surface area contributed by atoms with Gasteiger partial charge in [0.15, 0.2) is 0 Å². The van der Waals surface area contributed by atoms with Crippen molar-refractivity contribution in [3.05, 3.63) is 24.3 Å². The van der Waals surface area contributed by atoms with E-state index in [9.17, 15) is 4.79 Å². The number of hydrogen-bond acceptors (Lipinski definition) is 4. The van der Waals surface area contributed by atoms with Crippen molar-refractivity contribution in [3.8, 4) is 11.5 Å². The fraction of sp³-hybridized carbons (Fsp3) is 0.562. The van der Waals surface area contributed by atoms with Crippen LogP contribution in [0.15, 0.2) is 24.3 Å². The molecule has 1 aromatic rings. The number of methoxy groups -OCH3 is 1. The standard InChI is InChI=1S/C16H25NO3S/c1-12(2)11-17-16(18)13(3)21-10-9-20-15-7-5-14(19-4)6-8-15/h5-8,12-13H,9-11H2,1-4H3,(H,17,18). The fourth-order valence-corrected chi connectivity index (χ4v) is 2.35. The van der Waals surface area contributed by atoms with Gasteiger partial charge in [0.25, 0.3) is 0 Å². The molecule has 0 saturated carbocycles. The summed E-state index contributed by atoms with van der Waals surface area (Å²) >= 11 is 1.60. The van der Waals surface area contributed by atoms with Gasteiger partial charge in [0, 0.05) is 12.3 Å². The van der Waals surface area contributed by atoms with E-state index < -0.39 is 0 Å². The zero-order valence-electron chi connectivity index (χ0n) is 13.2. The summed E-state index contributed by atoms with van der Waals surface area (Å²) in [6.45, 7) is 7.40. The number of rotatable bonds is 9. The van der Waals surface area contributed by atoms with Crippen LogP contribution in [-0.4, -0.2) is 37.2 Å². The van der Waals surface area contributed by atoms with Crippen LogP contribution in [0.3, 0.4) is 0 Å². The van der Waals surface area contributed by atoms with E-state index in [-0.39, 0.29) is 11.2 Å². The third-order valence-corrected chi connectivity index (χ3v) is 3.95. The number of nitrogens with one attached hydrogen (secondary N) is 1. The van der Waals surface area contributed by atoms with Gasteiger partial charge in [0.2, 0.25) is 5.91 Å². The smallest absolute Gasteiger partial charge is 0.232 e. The highest BCUT2D eigenvalue weighted by Gasteiger charge is 2.12. The summed E-state index contributed by atoms with van der Waals surface area (Å²) in [4.78, 5) is 11.8. The molecule has 0 aliphatic heterocycles. The maximum absolute atomic E-state index is 11.8. The predicted octanol–water partition coefficient (Wildman–Crippen LogP) is 2.97. The molecule has 0 aliphatic rings. The number of amides is 1. The van der Waals surface area contributed by atoms with Gasteiger partial charge in [-0.15, -0.1) is 11.8 Å². The first-order valence-electron chi connectivity index (χ1n) is 7.19.